The third-order valence-corrected chi connectivity index (χ3v) is 2.18. The molecule has 2 heterocycles. The molecule has 2 heteroatoms. The first-order chi connectivity index (χ1) is 5.86. The van der Waals surface area contributed by atoms with E-state index >= 15 is 0 Å². The summed E-state index contributed by atoms with van der Waals surface area (Å²) in [5.74, 6) is 1.02. The van der Waals surface area contributed by atoms with Gasteiger partial charge in [-0.1, -0.05) is 6.08 Å². The monoisotopic (exact) mass is 163 g/mol. The summed E-state index contributed by atoms with van der Waals surface area (Å²) < 4.78 is 5.33. The van der Waals surface area contributed by atoms with Crippen molar-refractivity contribution in [1.29, 1.82) is 0 Å². The summed E-state index contributed by atoms with van der Waals surface area (Å²) >= 11 is 0. The normalized spacial score (nSPS) is 23.8. The summed E-state index contributed by atoms with van der Waals surface area (Å²) in [5.41, 5.74) is 1.33. The predicted octanol–water partition coefficient (Wildman–Crippen LogP) is 2.04. The molecule has 0 bridgehead atoms. The zero-order valence-electron chi connectivity index (χ0n) is 7.21. The van der Waals surface area contributed by atoms with Crippen LogP contribution in [0.4, 0.5) is 0 Å². The average molecular weight is 163 g/mol. The summed E-state index contributed by atoms with van der Waals surface area (Å²) in [4.78, 5) is 0. The Bertz CT molecular complexity index is 274. The second-order valence-corrected chi connectivity index (χ2v) is 3.22. The van der Waals surface area contributed by atoms with Crippen LogP contribution in [0.15, 0.2) is 28.9 Å². The van der Waals surface area contributed by atoms with Crippen molar-refractivity contribution in [3.05, 3.63) is 30.2 Å². The predicted molar refractivity (Wildman–Crippen MR) is 48.8 cm³/mol. The topological polar surface area (TPSA) is 25.2 Å². The van der Waals surface area contributed by atoms with Crippen molar-refractivity contribution in [3.8, 4) is 0 Å². The SMILES string of the molecule is CC1CC(c2ccco2)=CCN1. The average Bonchev–Trinajstić information content (AvgIpc) is 2.56. The Balaban J connectivity index is 2.19. The van der Waals surface area contributed by atoms with Gasteiger partial charge in [-0.05, 0) is 31.1 Å². The third-order valence-electron chi connectivity index (χ3n) is 2.18. The minimum atomic E-state index is 0.565. The van der Waals surface area contributed by atoms with Crippen LogP contribution in [0.1, 0.15) is 19.1 Å². The number of hydrogen-bond acceptors (Lipinski definition) is 2. The fraction of sp³-hybridized carbons (Fsp3) is 0.400. The molecule has 2 rings (SSSR count). The van der Waals surface area contributed by atoms with Crippen molar-refractivity contribution in [2.45, 2.75) is 19.4 Å². The van der Waals surface area contributed by atoms with Gasteiger partial charge in [0, 0.05) is 12.6 Å². The van der Waals surface area contributed by atoms with Gasteiger partial charge in [0.1, 0.15) is 5.76 Å². The van der Waals surface area contributed by atoms with Gasteiger partial charge in [0.25, 0.3) is 0 Å². The number of rotatable bonds is 1. The summed E-state index contributed by atoms with van der Waals surface area (Å²) in [7, 11) is 0. The van der Waals surface area contributed by atoms with E-state index < -0.39 is 0 Å². The highest BCUT2D eigenvalue weighted by Crippen LogP contribution is 2.22. The van der Waals surface area contributed by atoms with E-state index in [1.807, 2.05) is 12.1 Å². The van der Waals surface area contributed by atoms with Gasteiger partial charge in [0.05, 0.1) is 6.26 Å². The van der Waals surface area contributed by atoms with Crippen molar-refractivity contribution >= 4 is 5.57 Å². The van der Waals surface area contributed by atoms with Crippen LogP contribution in [-0.4, -0.2) is 12.6 Å². The Hall–Kier alpha value is -1.02. The highest BCUT2D eigenvalue weighted by Gasteiger charge is 2.12. The fourth-order valence-corrected chi connectivity index (χ4v) is 1.53. The van der Waals surface area contributed by atoms with Crippen molar-refractivity contribution < 1.29 is 4.42 Å². The lowest BCUT2D eigenvalue weighted by Gasteiger charge is -2.19. The van der Waals surface area contributed by atoms with Gasteiger partial charge in [0.2, 0.25) is 0 Å². The highest BCUT2D eigenvalue weighted by atomic mass is 16.3. The van der Waals surface area contributed by atoms with Crippen molar-refractivity contribution in [3.63, 3.8) is 0 Å². The van der Waals surface area contributed by atoms with Crippen molar-refractivity contribution in [2.75, 3.05) is 6.54 Å². The number of furan rings is 1. The molecule has 1 aromatic heterocycles. The lowest BCUT2D eigenvalue weighted by atomic mass is 10.0. The van der Waals surface area contributed by atoms with Crippen LogP contribution in [0, 0.1) is 0 Å². The molecule has 1 unspecified atom stereocenters. The molecule has 0 amide bonds. The molecule has 0 aromatic carbocycles. The van der Waals surface area contributed by atoms with E-state index in [2.05, 4.69) is 18.3 Å². The van der Waals surface area contributed by atoms with Gasteiger partial charge in [0.15, 0.2) is 0 Å². The van der Waals surface area contributed by atoms with Gasteiger partial charge in [-0.3, -0.25) is 0 Å². The third kappa shape index (κ3) is 1.43. The zero-order chi connectivity index (χ0) is 8.39. The lowest BCUT2D eigenvalue weighted by Crippen LogP contribution is -2.29. The summed E-state index contributed by atoms with van der Waals surface area (Å²) in [6, 6.07) is 4.52. The molecule has 64 valence electrons. The minimum Gasteiger partial charge on any atom is -0.465 e. The number of hydrogen-bond donors (Lipinski definition) is 1. The molecule has 12 heavy (non-hydrogen) atoms. The van der Waals surface area contributed by atoms with Gasteiger partial charge < -0.3 is 9.73 Å². The summed E-state index contributed by atoms with van der Waals surface area (Å²) in [5, 5.41) is 3.36. The molecule has 0 saturated carbocycles. The molecular formula is C10H13NO. The minimum absolute atomic E-state index is 0.565. The molecule has 0 spiro atoms. The molecular weight excluding hydrogens is 150 g/mol. The zero-order valence-corrected chi connectivity index (χ0v) is 7.21. The Morgan fingerprint density at radius 2 is 2.50 bits per heavy atom. The van der Waals surface area contributed by atoms with Crippen LogP contribution in [0.2, 0.25) is 0 Å². The highest BCUT2D eigenvalue weighted by molar-refractivity contribution is 5.62. The van der Waals surface area contributed by atoms with E-state index in [-0.39, 0.29) is 0 Å². The van der Waals surface area contributed by atoms with Gasteiger partial charge in [-0.2, -0.15) is 0 Å². The van der Waals surface area contributed by atoms with Crippen LogP contribution in [0.25, 0.3) is 5.57 Å². The van der Waals surface area contributed by atoms with E-state index in [0.29, 0.717) is 6.04 Å². The van der Waals surface area contributed by atoms with E-state index in [0.717, 1.165) is 18.7 Å². The second kappa shape index (κ2) is 3.15. The first-order valence-corrected chi connectivity index (χ1v) is 4.32. The van der Waals surface area contributed by atoms with Crippen LogP contribution in [-0.2, 0) is 0 Å². The molecule has 0 fully saturated rings. The smallest absolute Gasteiger partial charge is 0.129 e. The molecule has 0 aliphatic carbocycles. The maximum atomic E-state index is 5.33. The van der Waals surface area contributed by atoms with Crippen LogP contribution in [0.5, 0.6) is 0 Å². The van der Waals surface area contributed by atoms with Crippen LogP contribution >= 0.6 is 0 Å². The molecule has 1 aliphatic rings. The summed E-state index contributed by atoms with van der Waals surface area (Å²) in [6.07, 6.45) is 4.98. The standard InChI is InChI=1S/C10H13NO/c1-8-7-9(4-5-11-8)10-3-2-6-12-10/h2-4,6,8,11H,5,7H2,1H3. The maximum Gasteiger partial charge on any atom is 0.129 e. The van der Waals surface area contributed by atoms with Crippen LogP contribution < -0.4 is 5.32 Å². The number of nitrogens with one attached hydrogen (secondary N) is 1. The molecule has 1 aliphatic heterocycles. The van der Waals surface area contributed by atoms with Gasteiger partial charge in [-0.25, -0.2) is 0 Å². The second-order valence-electron chi connectivity index (χ2n) is 3.22. The molecule has 1 aromatic rings. The lowest BCUT2D eigenvalue weighted by molar-refractivity contribution is 0.529. The quantitative estimate of drug-likeness (QED) is 0.685. The maximum absolute atomic E-state index is 5.33. The molecule has 1 N–H and O–H groups in total. The Morgan fingerprint density at radius 1 is 1.58 bits per heavy atom. The van der Waals surface area contributed by atoms with E-state index in [4.69, 9.17) is 4.42 Å². The van der Waals surface area contributed by atoms with E-state index in [9.17, 15) is 0 Å². The Morgan fingerprint density at radius 3 is 3.17 bits per heavy atom. The van der Waals surface area contributed by atoms with Gasteiger partial charge in [-0.15, -0.1) is 0 Å². The molecule has 0 saturated heterocycles. The molecule has 1 atom stereocenters. The Kier molecular flexibility index (Phi) is 2.00. The largest absolute Gasteiger partial charge is 0.465 e. The first kappa shape index (κ1) is 7.62. The van der Waals surface area contributed by atoms with Crippen molar-refractivity contribution in [2.24, 2.45) is 0 Å². The summed E-state index contributed by atoms with van der Waals surface area (Å²) in [6.45, 7) is 3.15. The fourth-order valence-electron chi connectivity index (χ4n) is 1.53. The van der Waals surface area contributed by atoms with Gasteiger partial charge >= 0.3 is 0 Å². The van der Waals surface area contributed by atoms with E-state index in [1.165, 1.54) is 5.57 Å². The molecule has 0 radical (unpaired) electrons. The van der Waals surface area contributed by atoms with Crippen LogP contribution in [0.3, 0.4) is 0 Å². The first-order valence-electron chi connectivity index (χ1n) is 4.32. The van der Waals surface area contributed by atoms with E-state index in [1.54, 1.807) is 6.26 Å². The van der Waals surface area contributed by atoms with Crippen molar-refractivity contribution in [1.82, 2.24) is 5.32 Å². The molecule has 2 nitrogen and oxygen atoms in total. The Labute approximate surface area is 72.3 Å².